The van der Waals surface area contributed by atoms with Crippen molar-refractivity contribution in [2.75, 3.05) is 13.1 Å². The Morgan fingerprint density at radius 3 is 2.83 bits per heavy atom. The van der Waals surface area contributed by atoms with Crippen LogP contribution < -0.4 is 0 Å². The molecule has 1 N–H and O–H groups in total. The topological polar surface area (TPSA) is 36.4 Å². The predicted molar refractivity (Wildman–Crippen MR) is 91.6 cm³/mol. The molecule has 2 aromatic rings. The average Bonchev–Trinajstić information content (AvgIpc) is 2.63. The molecule has 0 spiro atoms. The average molecular weight is 306 g/mol. The number of hydrogen-bond donors (Lipinski definition) is 1. The van der Waals surface area contributed by atoms with Crippen molar-refractivity contribution in [1.82, 2.24) is 9.88 Å². The van der Waals surface area contributed by atoms with Gasteiger partial charge >= 0.3 is 0 Å². The van der Waals surface area contributed by atoms with Gasteiger partial charge < -0.3 is 5.11 Å². The van der Waals surface area contributed by atoms with Crippen molar-refractivity contribution >= 4 is 0 Å². The van der Waals surface area contributed by atoms with Gasteiger partial charge in [0, 0.05) is 18.4 Å². The lowest BCUT2D eigenvalue weighted by molar-refractivity contribution is 0.168. The molecule has 1 aliphatic rings. The van der Waals surface area contributed by atoms with E-state index in [2.05, 4.69) is 27.8 Å². The fraction of sp³-hybridized carbons (Fsp3) is 0.350. The van der Waals surface area contributed by atoms with Gasteiger partial charge in [-0.05, 0) is 36.6 Å². The van der Waals surface area contributed by atoms with Gasteiger partial charge in [0.05, 0.1) is 6.54 Å². The highest BCUT2D eigenvalue weighted by Gasteiger charge is 2.23. The number of pyridine rings is 1. The summed E-state index contributed by atoms with van der Waals surface area (Å²) < 4.78 is 0. The molecule has 0 radical (unpaired) electrons. The van der Waals surface area contributed by atoms with Crippen LogP contribution in [-0.4, -0.2) is 28.1 Å². The third-order valence-electron chi connectivity index (χ3n) is 4.32. The molecule has 0 bridgehead atoms. The first-order chi connectivity index (χ1) is 11.3. The van der Waals surface area contributed by atoms with Gasteiger partial charge in [-0.2, -0.15) is 0 Å². The first-order valence-corrected chi connectivity index (χ1v) is 8.20. The highest BCUT2D eigenvalue weighted by molar-refractivity contribution is 5.25. The van der Waals surface area contributed by atoms with E-state index in [1.165, 1.54) is 18.4 Å². The Hall–Kier alpha value is -2.15. The van der Waals surface area contributed by atoms with Crippen LogP contribution in [0.2, 0.25) is 0 Å². The summed E-state index contributed by atoms with van der Waals surface area (Å²) in [5, 5.41) is 10.1. The molecule has 3 rings (SSSR count). The third-order valence-corrected chi connectivity index (χ3v) is 4.32. The van der Waals surface area contributed by atoms with Crippen molar-refractivity contribution in [3.8, 4) is 11.8 Å². The van der Waals surface area contributed by atoms with Gasteiger partial charge in [0.2, 0.25) is 0 Å². The quantitative estimate of drug-likeness (QED) is 0.884. The number of aromatic nitrogens is 1. The Kier molecular flexibility index (Phi) is 5.42. The van der Waals surface area contributed by atoms with Crippen molar-refractivity contribution in [3.63, 3.8) is 0 Å². The molecule has 0 unspecified atom stereocenters. The summed E-state index contributed by atoms with van der Waals surface area (Å²) in [7, 11) is 0. The number of aliphatic hydroxyl groups excluding tert-OH is 1. The van der Waals surface area contributed by atoms with Crippen molar-refractivity contribution in [2.24, 2.45) is 0 Å². The largest absolute Gasteiger partial charge is 0.376 e. The number of rotatable bonds is 3. The summed E-state index contributed by atoms with van der Waals surface area (Å²) in [6.07, 6.45) is 6.66. The molecule has 1 aliphatic heterocycles. The fourth-order valence-electron chi connectivity index (χ4n) is 3.09. The second kappa shape index (κ2) is 7.92. The van der Waals surface area contributed by atoms with E-state index in [-0.39, 0.29) is 0 Å². The van der Waals surface area contributed by atoms with E-state index in [1.807, 2.05) is 48.8 Å². The summed E-state index contributed by atoms with van der Waals surface area (Å²) in [6, 6.07) is 14.1. The highest BCUT2D eigenvalue weighted by atomic mass is 16.3. The van der Waals surface area contributed by atoms with Crippen LogP contribution in [0.4, 0.5) is 0 Å². The highest BCUT2D eigenvalue weighted by Crippen LogP contribution is 2.29. The maximum absolute atomic E-state index is 10.1. The zero-order chi connectivity index (χ0) is 15.9. The minimum Gasteiger partial charge on any atom is -0.376 e. The van der Waals surface area contributed by atoms with Crippen molar-refractivity contribution in [1.29, 1.82) is 0 Å². The SMILES string of the molecule is O[C@H](C#CCN1CCCC[C@H]1c1cccnc1)c1ccccc1. The molecule has 1 aromatic heterocycles. The zero-order valence-corrected chi connectivity index (χ0v) is 13.2. The lowest BCUT2D eigenvalue weighted by Crippen LogP contribution is -2.33. The Morgan fingerprint density at radius 1 is 1.17 bits per heavy atom. The van der Waals surface area contributed by atoms with Crippen molar-refractivity contribution in [3.05, 3.63) is 66.0 Å². The Labute approximate surface area is 138 Å². The van der Waals surface area contributed by atoms with Crippen molar-refractivity contribution in [2.45, 2.75) is 31.4 Å². The van der Waals surface area contributed by atoms with Crippen LogP contribution in [-0.2, 0) is 0 Å². The number of piperidine rings is 1. The van der Waals surface area contributed by atoms with Gasteiger partial charge in [0.25, 0.3) is 0 Å². The predicted octanol–water partition coefficient (Wildman–Crippen LogP) is 3.35. The standard InChI is InChI=1S/C20H22N2O/c23-20(17-8-2-1-3-9-17)12-7-15-22-14-5-4-11-19(22)18-10-6-13-21-16-18/h1-3,6,8-10,13,16,19-20,23H,4-5,11,14-15H2/t19-,20+/m0/s1. The van der Waals surface area contributed by atoms with Crippen LogP contribution in [0.1, 0.15) is 42.5 Å². The molecule has 23 heavy (non-hydrogen) atoms. The van der Waals surface area contributed by atoms with Crippen LogP contribution >= 0.6 is 0 Å². The van der Waals surface area contributed by atoms with Gasteiger partial charge in [-0.3, -0.25) is 9.88 Å². The van der Waals surface area contributed by atoms with Gasteiger partial charge in [-0.25, -0.2) is 0 Å². The molecule has 1 fully saturated rings. The second-order valence-corrected chi connectivity index (χ2v) is 5.90. The second-order valence-electron chi connectivity index (χ2n) is 5.90. The van der Waals surface area contributed by atoms with Crippen LogP contribution in [0, 0.1) is 11.8 Å². The number of benzene rings is 1. The summed E-state index contributed by atoms with van der Waals surface area (Å²) in [6.45, 7) is 1.74. The van der Waals surface area contributed by atoms with Gasteiger partial charge in [0.1, 0.15) is 6.10 Å². The van der Waals surface area contributed by atoms with E-state index in [0.717, 1.165) is 18.5 Å². The van der Waals surface area contributed by atoms with E-state index in [0.29, 0.717) is 12.6 Å². The molecule has 2 heterocycles. The van der Waals surface area contributed by atoms with E-state index < -0.39 is 6.10 Å². The fourth-order valence-corrected chi connectivity index (χ4v) is 3.09. The summed E-state index contributed by atoms with van der Waals surface area (Å²) in [5.74, 6) is 6.13. The lowest BCUT2D eigenvalue weighted by atomic mass is 9.96. The van der Waals surface area contributed by atoms with Crippen LogP contribution in [0.3, 0.4) is 0 Å². The molecule has 3 heteroatoms. The first-order valence-electron chi connectivity index (χ1n) is 8.20. The molecule has 3 nitrogen and oxygen atoms in total. The molecular weight excluding hydrogens is 284 g/mol. The zero-order valence-electron chi connectivity index (χ0n) is 13.2. The minimum absolute atomic E-state index is 0.389. The maximum Gasteiger partial charge on any atom is 0.140 e. The monoisotopic (exact) mass is 306 g/mol. The summed E-state index contributed by atoms with van der Waals surface area (Å²) >= 11 is 0. The molecule has 1 saturated heterocycles. The van der Waals surface area contributed by atoms with Crippen LogP contribution in [0.25, 0.3) is 0 Å². The van der Waals surface area contributed by atoms with E-state index >= 15 is 0 Å². The van der Waals surface area contributed by atoms with E-state index in [9.17, 15) is 5.11 Å². The molecular formula is C20H22N2O. The van der Waals surface area contributed by atoms with E-state index in [4.69, 9.17) is 0 Å². The molecule has 0 amide bonds. The van der Waals surface area contributed by atoms with Gasteiger partial charge in [-0.15, -0.1) is 0 Å². The third kappa shape index (κ3) is 4.19. The van der Waals surface area contributed by atoms with Gasteiger partial charge in [-0.1, -0.05) is 54.7 Å². The smallest absolute Gasteiger partial charge is 0.140 e. The lowest BCUT2D eigenvalue weighted by Gasteiger charge is -2.34. The maximum atomic E-state index is 10.1. The van der Waals surface area contributed by atoms with Crippen LogP contribution in [0.15, 0.2) is 54.9 Å². The minimum atomic E-state index is -0.710. The van der Waals surface area contributed by atoms with Crippen LogP contribution in [0.5, 0.6) is 0 Å². The number of likely N-dealkylation sites (tertiary alicyclic amines) is 1. The normalized spacial score (nSPS) is 19.6. The Bertz CT molecular complexity index is 660. The van der Waals surface area contributed by atoms with E-state index in [1.54, 1.807) is 0 Å². The van der Waals surface area contributed by atoms with Gasteiger partial charge in [0.15, 0.2) is 0 Å². The molecule has 0 aliphatic carbocycles. The molecule has 1 aromatic carbocycles. The Morgan fingerprint density at radius 2 is 2.04 bits per heavy atom. The number of hydrogen-bond acceptors (Lipinski definition) is 3. The Balaban J connectivity index is 1.65. The number of nitrogens with zero attached hydrogens (tertiary/aromatic N) is 2. The molecule has 118 valence electrons. The summed E-state index contributed by atoms with van der Waals surface area (Å²) in [4.78, 5) is 6.63. The van der Waals surface area contributed by atoms with Crippen molar-refractivity contribution < 1.29 is 5.11 Å². The molecule has 2 atom stereocenters. The first kappa shape index (κ1) is 15.7. The molecule has 0 saturated carbocycles. The summed E-state index contributed by atoms with van der Waals surface area (Å²) in [5.41, 5.74) is 2.11. The number of aliphatic hydroxyl groups is 1.